The number of likely N-dealkylation sites (tertiary alicyclic amines) is 1. The van der Waals surface area contributed by atoms with Crippen LogP contribution >= 0.6 is 13.5 Å². The zero-order valence-electron chi connectivity index (χ0n) is 18.4. The van der Waals surface area contributed by atoms with Crippen LogP contribution in [0.4, 0.5) is 14.5 Å². The Labute approximate surface area is 200 Å². The first-order chi connectivity index (χ1) is 15.2. The molecule has 180 valence electrons. The number of sulfonamides is 1. The maximum absolute atomic E-state index is 14.7. The van der Waals surface area contributed by atoms with E-state index >= 15 is 0 Å². The van der Waals surface area contributed by atoms with E-state index in [-0.39, 0.29) is 36.7 Å². The van der Waals surface area contributed by atoms with Gasteiger partial charge in [-0.05, 0) is 50.4 Å². The van der Waals surface area contributed by atoms with E-state index in [4.69, 9.17) is 0 Å². The van der Waals surface area contributed by atoms with Gasteiger partial charge in [-0.2, -0.15) is 13.5 Å². The average molecular weight is 498 g/mol. The first-order valence-electron chi connectivity index (χ1n) is 10.7. The van der Waals surface area contributed by atoms with Crippen LogP contribution in [0, 0.1) is 11.6 Å². The minimum atomic E-state index is -3.76. The highest BCUT2D eigenvalue weighted by molar-refractivity contribution is 7.92. The lowest BCUT2D eigenvalue weighted by Gasteiger charge is -2.27. The standard InChI is InChI=1S/C23H27F2N3O3S.H2S/c1-32(30,31)27-20-13-17(18(24)14-19(20)25)23(9-10-23)22(29)26-21(15-28-11-5-6-12-28)16-7-3-2-4-8-16;/h2-4,7-8,13-14,21,27H,5-6,9-12,15H2,1H3,(H,26,29);1H2/t21-;/m1./s1. The van der Waals surface area contributed by atoms with E-state index in [0.717, 1.165) is 43.8 Å². The van der Waals surface area contributed by atoms with Crippen molar-refractivity contribution in [3.05, 3.63) is 65.2 Å². The van der Waals surface area contributed by atoms with E-state index in [1.165, 1.54) is 0 Å². The van der Waals surface area contributed by atoms with Crippen LogP contribution in [0.25, 0.3) is 0 Å². The number of halogens is 2. The van der Waals surface area contributed by atoms with Gasteiger partial charge in [0.25, 0.3) is 0 Å². The molecular weight excluding hydrogens is 468 g/mol. The molecule has 1 atom stereocenters. The van der Waals surface area contributed by atoms with Crippen molar-refractivity contribution in [3.8, 4) is 0 Å². The van der Waals surface area contributed by atoms with Crippen LogP contribution in [0.15, 0.2) is 42.5 Å². The molecule has 2 N–H and O–H groups in total. The summed E-state index contributed by atoms with van der Waals surface area (Å²) >= 11 is 0. The van der Waals surface area contributed by atoms with Gasteiger partial charge in [0.2, 0.25) is 15.9 Å². The monoisotopic (exact) mass is 497 g/mol. The summed E-state index contributed by atoms with van der Waals surface area (Å²) in [5, 5.41) is 3.09. The molecular formula is C23H29F2N3O3S2. The van der Waals surface area contributed by atoms with E-state index < -0.39 is 27.1 Å². The van der Waals surface area contributed by atoms with Gasteiger partial charge in [0, 0.05) is 18.2 Å². The minimum Gasteiger partial charge on any atom is -0.347 e. The van der Waals surface area contributed by atoms with Crippen LogP contribution in [-0.2, 0) is 20.2 Å². The van der Waals surface area contributed by atoms with Gasteiger partial charge in [0.15, 0.2) is 0 Å². The van der Waals surface area contributed by atoms with Crippen LogP contribution in [0.1, 0.15) is 42.9 Å². The highest BCUT2D eigenvalue weighted by Gasteiger charge is 2.53. The van der Waals surface area contributed by atoms with Crippen LogP contribution in [0.5, 0.6) is 0 Å². The Bertz CT molecular complexity index is 1100. The Hall–Kier alpha value is -2.17. The second kappa shape index (κ2) is 9.99. The largest absolute Gasteiger partial charge is 0.347 e. The number of anilines is 1. The minimum absolute atomic E-state index is 0. The zero-order valence-corrected chi connectivity index (χ0v) is 20.2. The van der Waals surface area contributed by atoms with Gasteiger partial charge in [0.1, 0.15) is 11.6 Å². The van der Waals surface area contributed by atoms with Crippen LogP contribution < -0.4 is 10.0 Å². The van der Waals surface area contributed by atoms with Gasteiger partial charge >= 0.3 is 0 Å². The first-order valence-corrected chi connectivity index (χ1v) is 12.6. The lowest BCUT2D eigenvalue weighted by molar-refractivity contribution is -0.124. The smallest absolute Gasteiger partial charge is 0.231 e. The molecule has 0 aromatic heterocycles. The molecule has 1 saturated carbocycles. The molecule has 1 aliphatic carbocycles. The molecule has 6 nitrogen and oxygen atoms in total. The Morgan fingerprint density at radius 1 is 1.09 bits per heavy atom. The van der Waals surface area contributed by atoms with E-state index in [9.17, 15) is 22.0 Å². The Morgan fingerprint density at radius 3 is 2.30 bits per heavy atom. The number of hydrogen-bond donors (Lipinski definition) is 2. The highest BCUT2D eigenvalue weighted by Crippen LogP contribution is 2.50. The normalized spacial score (nSPS) is 18.3. The molecule has 0 unspecified atom stereocenters. The molecule has 2 fully saturated rings. The molecule has 10 heteroatoms. The van der Waals surface area contributed by atoms with Crippen LogP contribution in [-0.4, -0.2) is 45.1 Å². The predicted molar refractivity (Wildman–Crippen MR) is 129 cm³/mol. The SMILES string of the molecule is CS(=O)(=O)Nc1cc(C2(C(=O)N[C@H](CN3CCCC3)c3ccccc3)CC2)c(F)cc1F.S. The van der Waals surface area contributed by atoms with E-state index in [2.05, 4.69) is 14.9 Å². The molecule has 4 rings (SSSR count). The molecule has 1 heterocycles. The van der Waals surface area contributed by atoms with Crippen molar-refractivity contribution in [2.24, 2.45) is 0 Å². The maximum atomic E-state index is 14.7. The highest BCUT2D eigenvalue weighted by atomic mass is 32.2. The van der Waals surface area contributed by atoms with Crippen molar-refractivity contribution < 1.29 is 22.0 Å². The number of carbonyl (C=O) groups excluding carboxylic acids is 1. The fourth-order valence-electron chi connectivity index (χ4n) is 4.38. The Morgan fingerprint density at radius 2 is 1.73 bits per heavy atom. The summed E-state index contributed by atoms with van der Waals surface area (Å²) in [6, 6.07) is 11.1. The van der Waals surface area contributed by atoms with E-state index in [1.807, 2.05) is 30.3 Å². The van der Waals surface area contributed by atoms with Gasteiger partial charge in [-0.25, -0.2) is 17.2 Å². The lowest BCUT2D eigenvalue weighted by atomic mass is 9.92. The second-order valence-electron chi connectivity index (χ2n) is 8.71. The third-order valence-electron chi connectivity index (χ3n) is 6.20. The topological polar surface area (TPSA) is 78.5 Å². The fourth-order valence-corrected chi connectivity index (χ4v) is 4.93. The van der Waals surface area contributed by atoms with Crippen LogP contribution in [0.2, 0.25) is 0 Å². The Kier molecular flexibility index (Phi) is 7.70. The Balaban J connectivity index is 0.00000306. The lowest BCUT2D eigenvalue weighted by Crippen LogP contribution is -2.42. The summed E-state index contributed by atoms with van der Waals surface area (Å²) in [7, 11) is -3.76. The molecule has 1 aliphatic heterocycles. The van der Waals surface area contributed by atoms with Crippen molar-refractivity contribution in [1.82, 2.24) is 10.2 Å². The molecule has 1 amide bonds. The zero-order chi connectivity index (χ0) is 22.9. The summed E-state index contributed by atoms with van der Waals surface area (Å²) in [5.41, 5.74) is -0.526. The van der Waals surface area contributed by atoms with E-state index in [0.29, 0.717) is 25.5 Å². The third-order valence-corrected chi connectivity index (χ3v) is 6.79. The molecule has 2 aromatic rings. The molecule has 2 aromatic carbocycles. The van der Waals surface area contributed by atoms with Crippen molar-refractivity contribution in [2.75, 3.05) is 30.6 Å². The number of nitrogens with zero attached hydrogens (tertiary/aromatic N) is 1. The first kappa shape index (κ1) is 25.5. The fraction of sp³-hybridized carbons (Fsp3) is 0.435. The molecule has 0 spiro atoms. The number of amides is 1. The number of carbonyl (C=O) groups is 1. The summed E-state index contributed by atoms with van der Waals surface area (Å²) < 4.78 is 54.1. The van der Waals surface area contributed by atoms with Crippen LogP contribution in [0.3, 0.4) is 0 Å². The summed E-state index contributed by atoms with van der Waals surface area (Å²) in [5.74, 6) is -2.21. The maximum Gasteiger partial charge on any atom is 0.231 e. The van der Waals surface area contributed by atoms with Gasteiger partial charge in [0.05, 0.1) is 23.4 Å². The third kappa shape index (κ3) is 5.85. The van der Waals surface area contributed by atoms with Crippen molar-refractivity contribution >= 4 is 35.1 Å². The average Bonchev–Trinajstić information content (AvgIpc) is 3.38. The number of rotatable bonds is 8. The van der Waals surface area contributed by atoms with Gasteiger partial charge in [-0.3, -0.25) is 9.52 Å². The van der Waals surface area contributed by atoms with Gasteiger partial charge in [-0.15, -0.1) is 0 Å². The molecule has 33 heavy (non-hydrogen) atoms. The van der Waals surface area contributed by atoms with E-state index in [1.54, 1.807) is 0 Å². The van der Waals surface area contributed by atoms with Crippen molar-refractivity contribution in [2.45, 2.75) is 37.1 Å². The number of hydrogen-bond acceptors (Lipinski definition) is 4. The summed E-state index contributed by atoms with van der Waals surface area (Å²) in [6.07, 6.45) is 3.94. The molecule has 0 bridgehead atoms. The van der Waals surface area contributed by atoms with Crippen molar-refractivity contribution in [1.29, 1.82) is 0 Å². The molecule has 1 saturated heterocycles. The quantitative estimate of drug-likeness (QED) is 0.586. The summed E-state index contributed by atoms with van der Waals surface area (Å²) in [6.45, 7) is 2.59. The molecule has 2 aliphatic rings. The molecule has 0 radical (unpaired) electrons. The number of benzene rings is 2. The van der Waals surface area contributed by atoms with Gasteiger partial charge in [-0.1, -0.05) is 30.3 Å². The van der Waals surface area contributed by atoms with Gasteiger partial charge < -0.3 is 10.2 Å². The summed E-state index contributed by atoms with van der Waals surface area (Å²) in [4.78, 5) is 15.7. The second-order valence-corrected chi connectivity index (χ2v) is 10.5. The number of nitrogens with one attached hydrogen (secondary N) is 2. The van der Waals surface area contributed by atoms with Crippen molar-refractivity contribution in [3.63, 3.8) is 0 Å². The predicted octanol–water partition coefficient (Wildman–Crippen LogP) is 3.43.